The van der Waals surface area contributed by atoms with Gasteiger partial charge >= 0.3 is 0 Å². The molecule has 0 atom stereocenters. The normalized spacial score (nSPS) is 23.0. The molecule has 2 saturated carbocycles. The van der Waals surface area contributed by atoms with Gasteiger partial charge in [-0.2, -0.15) is 0 Å². The van der Waals surface area contributed by atoms with Crippen LogP contribution in [0.4, 0.5) is 0 Å². The Bertz CT molecular complexity index is 411. The third-order valence-electron chi connectivity index (χ3n) is 5.23. The van der Waals surface area contributed by atoms with Gasteiger partial charge in [0.15, 0.2) is 0 Å². The van der Waals surface area contributed by atoms with E-state index in [1.807, 2.05) is 0 Å². The van der Waals surface area contributed by atoms with Gasteiger partial charge in [-0.05, 0) is 63.0 Å². The average Bonchev–Trinajstić information content (AvgIpc) is 2.87. The summed E-state index contributed by atoms with van der Waals surface area (Å²) < 4.78 is 0. The molecule has 104 valence electrons. The van der Waals surface area contributed by atoms with Gasteiger partial charge in [-0.25, -0.2) is 0 Å². The van der Waals surface area contributed by atoms with E-state index in [1.165, 1.54) is 57.1 Å². The number of aromatic nitrogens is 1. The molecule has 0 radical (unpaired) electrons. The Morgan fingerprint density at radius 2 is 1.89 bits per heavy atom. The van der Waals surface area contributed by atoms with Gasteiger partial charge in [0.05, 0.1) is 5.69 Å². The number of nitrogens with one attached hydrogen (secondary N) is 1. The molecule has 0 bridgehead atoms. The molecule has 2 aliphatic rings. The molecule has 2 aliphatic carbocycles. The van der Waals surface area contributed by atoms with E-state index in [1.54, 1.807) is 0 Å². The summed E-state index contributed by atoms with van der Waals surface area (Å²) in [5.74, 6) is 0. The highest BCUT2D eigenvalue weighted by atomic mass is 14.9. The minimum Gasteiger partial charge on any atom is -0.308 e. The van der Waals surface area contributed by atoms with E-state index < -0.39 is 0 Å². The van der Waals surface area contributed by atoms with Crippen molar-refractivity contribution in [2.24, 2.45) is 5.41 Å². The van der Waals surface area contributed by atoms with Gasteiger partial charge in [0.1, 0.15) is 0 Å². The predicted octanol–water partition coefficient (Wildman–Crippen LogP) is 3.98. The SMILES string of the molecule is Cc1cccc(CNC2CCC3(CCCC3)CC2)n1. The summed E-state index contributed by atoms with van der Waals surface area (Å²) in [5, 5.41) is 3.71. The Morgan fingerprint density at radius 1 is 1.16 bits per heavy atom. The van der Waals surface area contributed by atoms with Crippen molar-refractivity contribution in [3.8, 4) is 0 Å². The summed E-state index contributed by atoms with van der Waals surface area (Å²) in [6.45, 7) is 2.99. The summed E-state index contributed by atoms with van der Waals surface area (Å²) >= 11 is 0. The molecule has 1 aromatic rings. The number of nitrogens with zero attached hydrogens (tertiary/aromatic N) is 1. The molecule has 2 fully saturated rings. The lowest BCUT2D eigenvalue weighted by Crippen LogP contribution is -2.36. The van der Waals surface area contributed by atoms with E-state index in [-0.39, 0.29) is 0 Å². The topological polar surface area (TPSA) is 24.9 Å². The van der Waals surface area contributed by atoms with Gasteiger partial charge in [0, 0.05) is 18.3 Å². The van der Waals surface area contributed by atoms with Crippen LogP contribution in [0.15, 0.2) is 18.2 Å². The second-order valence-electron chi connectivity index (χ2n) is 6.63. The third kappa shape index (κ3) is 3.17. The summed E-state index contributed by atoms with van der Waals surface area (Å²) in [6.07, 6.45) is 11.6. The van der Waals surface area contributed by atoms with Crippen LogP contribution in [-0.2, 0) is 6.54 Å². The Labute approximate surface area is 117 Å². The van der Waals surface area contributed by atoms with E-state index in [2.05, 4.69) is 35.4 Å². The smallest absolute Gasteiger partial charge is 0.0544 e. The van der Waals surface area contributed by atoms with Crippen LogP contribution >= 0.6 is 0 Å². The maximum Gasteiger partial charge on any atom is 0.0544 e. The van der Waals surface area contributed by atoms with E-state index in [0.29, 0.717) is 6.04 Å². The average molecular weight is 258 g/mol. The Hall–Kier alpha value is -0.890. The molecule has 2 nitrogen and oxygen atoms in total. The van der Waals surface area contributed by atoms with Gasteiger partial charge in [0.2, 0.25) is 0 Å². The minimum atomic E-state index is 0.716. The number of hydrogen-bond donors (Lipinski definition) is 1. The fourth-order valence-corrected chi connectivity index (χ4v) is 4.01. The highest BCUT2D eigenvalue weighted by Gasteiger charge is 2.37. The second-order valence-corrected chi connectivity index (χ2v) is 6.63. The molecule has 0 amide bonds. The van der Waals surface area contributed by atoms with Gasteiger partial charge < -0.3 is 5.32 Å². The zero-order chi connectivity index (χ0) is 13.1. The first-order valence-electron chi connectivity index (χ1n) is 7.92. The Balaban J connectivity index is 1.47. The maximum atomic E-state index is 4.57. The van der Waals surface area contributed by atoms with Gasteiger partial charge in [-0.3, -0.25) is 4.98 Å². The molecule has 0 aromatic carbocycles. The van der Waals surface area contributed by atoms with Crippen molar-refractivity contribution >= 4 is 0 Å². The van der Waals surface area contributed by atoms with Gasteiger partial charge in [0.25, 0.3) is 0 Å². The Kier molecular flexibility index (Phi) is 3.88. The molecule has 0 saturated heterocycles. The lowest BCUT2D eigenvalue weighted by molar-refractivity contribution is 0.168. The first-order chi connectivity index (χ1) is 9.26. The summed E-state index contributed by atoms with van der Waals surface area (Å²) in [7, 11) is 0. The van der Waals surface area contributed by atoms with Crippen molar-refractivity contribution in [2.75, 3.05) is 0 Å². The highest BCUT2D eigenvalue weighted by molar-refractivity contribution is 5.09. The van der Waals surface area contributed by atoms with Crippen LogP contribution < -0.4 is 5.32 Å². The van der Waals surface area contributed by atoms with Gasteiger partial charge in [-0.15, -0.1) is 0 Å². The molecule has 1 N–H and O–H groups in total. The molecular formula is C17H26N2. The predicted molar refractivity (Wildman–Crippen MR) is 79.0 cm³/mol. The molecule has 1 spiro atoms. The van der Waals surface area contributed by atoms with E-state index in [9.17, 15) is 0 Å². The number of pyridine rings is 1. The summed E-state index contributed by atoms with van der Waals surface area (Å²) in [6, 6.07) is 7.01. The molecule has 19 heavy (non-hydrogen) atoms. The van der Waals surface area contributed by atoms with Crippen LogP contribution in [0.2, 0.25) is 0 Å². The monoisotopic (exact) mass is 258 g/mol. The minimum absolute atomic E-state index is 0.716. The highest BCUT2D eigenvalue weighted by Crippen LogP contribution is 2.48. The van der Waals surface area contributed by atoms with E-state index >= 15 is 0 Å². The molecular weight excluding hydrogens is 232 g/mol. The largest absolute Gasteiger partial charge is 0.308 e. The van der Waals surface area contributed by atoms with Crippen molar-refractivity contribution in [3.63, 3.8) is 0 Å². The first kappa shape index (κ1) is 13.1. The standard InChI is InChI=1S/C17H26N2/c1-14-5-4-6-16(19-14)13-18-15-7-11-17(12-8-15)9-2-3-10-17/h4-6,15,18H,2-3,7-13H2,1H3. The van der Waals surface area contributed by atoms with Crippen molar-refractivity contribution in [1.82, 2.24) is 10.3 Å². The molecule has 3 rings (SSSR count). The molecule has 2 heteroatoms. The summed E-state index contributed by atoms with van der Waals surface area (Å²) in [5.41, 5.74) is 3.05. The maximum absolute atomic E-state index is 4.57. The van der Waals surface area contributed by atoms with Crippen molar-refractivity contribution < 1.29 is 0 Å². The van der Waals surface area contributed by atoms with Crippen LogP contribution in [-0.4, -0.2) is 11.0 Å². The quantitative estimate of drug-likeness (QED) is 0.887. The number of rotatable bonds is 3. The van der Waals surface area contributed by atoms with Crippen LogP contribution in [0.5, 0.6) is 0 Å². The van der Waals surface area contributed by atoms with Crippen molar-refractivity contribution in [1.29, 1.82) is 0 Å². The van der Waals surface area contributed by atoms with E-state index in [4.69, 9.17) is 0 Å². The number of hydrogen-bond acceptors (Lipinski definition) is 2. The molecule has 1 aromatic heterocycles. The van der Waals surface area contributed by atoms with Crippen LogP contribution in [0.25, 0.3) is 0 Å². The van der Waals surface area contributed by atoms with Crippen molar-refractivity contribution in [3.05, 3.63) is 29.6 Å². The molecule has 0 aliphatic heterocycles. The van der Waals surface area contributed by atoms with E-state index in [0.717, 1.165) is 17.7 Å². The third-order valence-corrected chi connectivity index (χ3v) is 5.23. The van der Waals surface area contributed by atoms with Crippen molar-refractivity contribution in [2.45, 2.75) is 70.9 Å². The first-order valence-corrected chi connectivity index (χ1v) is 7.92. The molecule has 1 heterocycles. The lowest BCUT2D eigenvalue weighted by atomic mass is 9.71. The number of aryl methyl sites for hydroxylation is 1. The van der Waals surface area contributed by atoms with Crippen LogP contribution in [0.3, 0.4) is 0 Å². The zero-order valence-corrected chi connectivity index (χ0v) is 12.1. The Morgan fingerprint density at radius 3 is 2.58 bits per heavy atom. The zero-order valence-electron chi connectivity index (χ0n) is 12.1. The van der Waals surface area contributed by atoms with Crippen LogP contribution in [0, 0.1) is 12.3 Å². The van der Waals surface area contributed by atoms with Gasteiger partial charge in [-0.1, -0.05) is 18.9 Å². The fraction of sp³-hybridized carbons (Fsp3) is 0.706. The van der Waals surface area contributed by atoms with Crippen LogP contribution in [0.1, 0.15) is 62.8 Å². The lowest BCUT2D eigenvalue weighted by Gasteiger charge is -2.37. The molecule has 0 unspecified atom stereocenters. The summed E-state index contributed by atoms with van der Waals surface area (Å²) in [4.78, 5) is 4.57. The second kappa shape index (κ2) is 5.62. The fourth-order valence-electron chi connectivity index (χ4n) is 4.01.